The van der Waals surface area contributed by atoms with Crippen LogP contribution in [0.15, 0.2) is 48.8 Å². The van der Waals surface area contributed by atoms with Crippen LogP contribution in [0, 0.1) is 0 Å². The summed E-state index contributed by atoms with van der Waals surface area (Å²) in [4.78, 5) is 2.23. The third-order valence-electron chi connectivity index (χ3n) is 3.15. The number of hydrogen-bond donors (Lipinski definition) is 0. The number of hydrogen-bond acceptors (Lipinski definition) is 2. The van der Waals surface area contributed by atoms with E-state index in [-0.39, 0.29) is 0 Å². The van der Waals surface area contributed by atoms with Gasteiger partial charge in [0.2, 0.25) is 0 Å². The maximum atomic E-state index is 5.29. The van der Waals surface area contributed by atoms with Crippen molar-refractivity contribution in [2.24, 2.45) is 0 Å². The average Bonchev–Trinajstić information content (AvgIpc) is 2.88. The molecule has 0 radical (unpaired) electrons. The first-order chi connectivity index (χ1) is 8.70. The van der Waals surface area contributed by atoms with Crippen molar-refractivity contribution in [1.82, 2.24) is 9.47 Å². The summed E-state index contributed by atoms with van der Waals surface area (Å²) in [5, 5.41) is 0. The van der Waals surface area contributed by atoms with Crippen LogP contribution in [0.25, 0.3) is 0 Å². The summed E-state index contributed by atoms with van der Waals surface area (Å²) in [5.74, 6) is 0.909. The summed E-state index contributed by atoms with van der Waals surface area (Å²) in [7, 11) is 5.91. The third-order valence-corrected chi connectivity index (χ3v) is 3.15. The molecule has 2 rings (SSSR count). The number of methoxy groups -OCH3 is 1. The van der Waals surface area contributed by atoms with Gasteiger partial charge in [-0.05, 0) is 43.9 Å². The summed E-state index contributed by atoms with van der Waals surface area (Å²) >= 11 is 0. The van der Waals surface area contributed by atoms with Crippen LogP contribution in [-0.2, 0) is 6.54 Å². The van der Waals surface area contributed by atoms with Gasteiger partial charge in [0.05, 0.1) is 13.2 Å². The summed E-state index contributed by atoms with van der Waals surface area (Å²) < 4.78 is 7.49. The van der Waals surface area contributed by atoms with Gasteiger partial charge >= 0.3 is 0 Å². The number of aromatic nitrogens is 1. The van der Waals surface area contributed by atoms with Crippen LogP contribution >= 0.6 is 0 Å². The van der Waals surface area contributed by atoms with E-state index in [2.05, 4.69) is 60.2 Å². The molecule has 0 aliphatic heterocycles. The molecule has 0 saturated carbocycles. The Kier molecular flexibility index (Phi) is 4.05. The quantitative estimate of drug-likeness (QED) is 0.804. The normalized spacial score (nSPS) is 12.7. The van der Waals surface area contributed by atoms with Crippen molar-refractivity contribution < 1.29 is 4.74 Å². The van der Waals surface area contributed by atoms with Crippen LogP contribution in [0.3, 0.4) is 0 Å². The molecule has 0 aliphatic rings. The van der Waals surface area contributed by atoms with E-state index in [4.69, 9.17) is 4.74 Å². The van der Waals surface area contributed by atoms with Crippen molar-refractivity contribution in [3.05, 3.63) is 54.4 Å². The van der Waals surface area contributed by atoms with Crippen LogP contribution in [0.4, 0.5) is 0 Å². The fourth-order valence-corrected chi connectivity index (χ4v) is 2.11. The van der Waals surface area contributed by atoms with Gasteiger partial charge in [0.1, 0.15) is 5.75 Å². The van der Waals surface area contributed by atoms with Gasteiger partial charge in [-0.1, -0.05) is 12.1 Å². The Morgan fingerprint density at radius 3 is 2.50 bits per heavy atom. The van der Waals surface area contributed by atoms with E-state index >= 15 is 0 Å². The van der Waals surface area contributed by atoms with Crippen molar-refractivity contribution in [2.45, 2.75) is 12.6 Å². The Balaban J connectivity index is 2.23. The van der Waals surface area contributed by atoms with E-state index in [1.54, 1.807) is 7.11 Å². The Labute approximate surface area is 109 Å². The molecule has 2 aromatic rings. The van der Waals surface area contributed by atoms with Gasteiger partial charge < -0.3 is 14.2 Å². The SMILES string of the molecule is COc1cccc(C(Cn2cccc2)N(C)C)c1. The molecule has 3 heteroatoms. The molecule has 0 N–H and O–H groups in total. The molecule has 1 aromatic heterocycles. The molecule has 1 unspecified atom stereocenters. The van der Waals surface area contributed by atoms with Crippen molar-refractivity contribution in [3.8, 4) is 5.75 Å². The lowest BCUT2D eigenvalue weighted by Crippen LogP contribution is -2.24. The van der Waals surface area contributed by atoms with E-state index < -0.39 is 0 Å². The average molecular weight is 244 g/mol. The molecule has 18 heavy (non-hydrogen) atoms. The molecular formula is C15H20N2O. The molecule has 0 aliphatic carbocycles. The van der Waals surface area contributed by atoms with Crippen molar-refractivity contribution in [2.75, 3.05) is 21.2 Å². The summed E-state index contributed by atoms with van der Waals surface area (Å²) in [6.07, 6.45) is 4.19. The lowest BCUT2D eigenvalue weighted by atomic mass is 10.1. The highest BCUT2D eigenvalue weighted by Crippen LogP contribution is 2.24. The zero-order valence-electron chi connectivity index (χ0n) is 11.2. The van der Waals surface area contributed by atoms with E-state index in [0.717, 1.165) is 12.3 Å². The molecule has 0 bridgehead atoms. The van der Waals surface area contributed by atoms with E-state index in [9.17, 15) is 0 Å². The summed E-state index contributed by atoms with van der Waals surface area (Å²) in [6.45, 7) is 0.938. The van der Waals surface area contributed by atoms with Gasteiger partial charge in [0.15, 0.2) is 0 Å². The zero-order valence-corrected chi connectivity index (χ0v) is 11.2. The molecule has 3 nitrogen and oxygen atoms in total. The van der Waals surface area contributed by atoms with Crippen LogP contribution in [0.1, 0.15) is 11.6 Å². The molecule has 0 amide bonds. The topological polar surface area (TPSA) is 17.4 Å². The molecule has 1 aromatic carbocycles. The number of likely N-dealkylation sites (N-methyl/N-ethyl adjacent to an activating group) is 1. The molecule has 0 saturated heterocycles. The van der Waals surface area contributed by atoms with Crippen LogP contribution in [0.5, 0.6) is 5.75 Å². The third kappa shape index (κ3) is 2.93. The zero-order chi connectivity index (χ0) is 13.0. The van der Waals surface area contributed by atoms with Crippen molar-refractivity contribution in [1.29, 1.82) is 0 Å². The Morgan fingerprint density at radius 1 is 1.17 bits per heavy atom. The molecular weight excluding hydrogens is 224 g/mol. The molecule has 1 heterocycles. The maximum absolute atomic E-state index is 5.29. The van der Waals surface area contributed by atoms with E-state index in [0.29, 0.717) is 6.04 Å². The number of ether oxygens (including phenoxy) is 1. The fraction of sp³-hybridized carbons (Fsp3) is 0.333. The number of rotatable bonds is 5. The second-order valence-electron chi connectivity index (χ2n) is 4.64. The first-order valence-electron chi connectivity index (χ1n) is 6.12. The van der Waals surface area contributed by atoms with Crippen molar-refractivity contribution in [3.63, 3.8) is 0 Å². The minimum Gasteiger partial charge on any atom is -0.497 e. The first kappa shape index (κ1) is 12.7. The second kappa shape index (κ2) is 5.74. The Morgan fingerprint density at radius 2 is 1.89 bits per heavy atom. The molecule has 96 valence electrons. The Hall–Kier alpha value is -1.74. The lowest BCUT2D eigenvalue weighted by molar-refractivity contribution is 0.268. The highest BCUT2D eigenvalue weighted by molar-refractivity contribution is 5.30. The van der Waals surface area contributed by atoms with E-state index in [1.807, 2.05) is 12.1 Å². The number of nitrogens with zero attached hydrogens (tertiary/aromatic N) is 2. The molecule has 0 fully saturated rings. The second-order valence-corrected chi connectivity index (χ2v) is 4.64. The predicted octanol–water partition coefficient (Wildman–Crippen LogP) is 2.80. The van der Waals surface area contributed by atoms with Gasteiger partial charge in [-0.2, -0.15) is 0 Å². The van der Waals surface area contributed by atoms with Gasteiger partial charge in [-0.25, -0.2) is 0 Å². The minimum atomic E-state index is 0.340. The summed E-state index contributed by atoms with van der Waals surface area (Å²) in [6, 6.07) is 12.7. The summed E-state index contributed by atoms with van der Waals surface area (Å²) in [5.41, 5.74) is 1.27. The van der Waals surface area contributed by atoms with Crippen molar-refractivity contribution >= 4 is 0 Å². The largest absolute Gasteiger partial charge is 0.497 e. The monoisotopic (exact) mass is 244 g/mol. The van der Waals surface area contributed by atoms with Gasteiger partial charge in [0.25, 0.3) is 0 Å². The molecule has 0 spiro atoms. The fourth-order valence-electron chi connectivity index (χ4n) is 2.11. The van der Waals surface area contributed by atoms with Gasteiger partial charge in [0, 0.05) is 18.9 Å². The van der Waals surface area contributed by atoms with Gasteiger partial charge in [-0.15, -0.1) is 0 Å². The highest BCUT2D eigenvalue weighted by Gasteiger charge is 2.14. The highest BCUT2D eigenvalue weighted by atomic mass is 16.5. The lowest BCUT2D eigenvalue weighted by Gasteiger charge is -2.25. The molecule has 1 atom stereocenters. The number of benzene rings is 1. The van der Waals surface area contributed by atoms with Gasteiger partial charge in [-0.3, -0.25) is 0 Å². The predicted molar refractivity (Wildman–Crippen MR) is 73.9 cm³/mol. The maximum Gasteiger partial charge on any atom is 0.119 e. The van der Waals surface area contributed by atoms with Crippen LogP contribution < -0.4 is 4.74 Å². The smallest absolute Gasteiger partial charge is 0.119 e. The Bertz CT molecular complexity index is 477. The standard InChI is InChI=1S/C15H20N2O/c1-16(2)15(12-17-9-4-5-10-17)13-7-6-8-14(11-13)18-3/h4-11,15H,12H2,1-3H3. The van der Waals surface area contributed by atoms with Crippen LogP contribution in [0.2, 0.25) is 0 Å². The first-order valence-corrected chi connectivity index (χ1v) is 6.12. The van der Waals surface area contributed by atoms with E-state index in [1.165, 1.54) is 5.56 Å². The minimum absolute atomic E-state index is 0.340. The van der Waals surface area contributed by atoms with Crippen LogP contribution in [-0.4, -0.2) is 30.7 Å².